The second-order valence-electron chi connectivity index (χ2n) is 3.91. The van der Waals surface area contributed by atoms with Crippen molar-refractivity contribution >= 4 is 28.7 Å². The molecule has 0 unspecified atom stereocenters. The standard InChI is InChI=1S/C12H26.CS2/c1-3-5-7-9-11-12-10-8-6-4-2;2-1-3/h3-12H2,1-2H3;. The Labute approximate surface area is 107 Å². The van der Waals surface area contributed by atoms with Crippen molar-refractivity contribution in [1.29, 1.82) is 0 Å². The highest BCUT2D eigenvalue weighted by Crippen LogP contribution is 2.09. The van der Waals surface area contributed by atoms with Crippen LogP contribution in [0.2, 0.25) is 0 Å². The Morgan fingerprint density at radius 3 is 1.00 bits per heavy atom. The van der Waals surface area contributed by atoms with Crippen molar-refractivity contribution < 1.29 is 0 Å². The van der Waals surface area contributed by atoms with Gasteiger partial charge >= 0.3 is 0 Å². The Kier molecular flexibility index (Phi) is 23.2. The smallest absolute Gasteiger partial charge is 0.0297 e. The summed E-state index contributed by atoms with van der Waals surface area (Å²) in [6.07, 6.45) is 14.4. The molecule has 2 heteroatoms. The molecule has 0 bridgehead atoms. The molecule has 0 rings (SSSR count). The number of hydrogen-bond acceptors (Lipinski definition) is 2. The molecule has 0 spiro atoms. The summed E-state index contributed by atoms with van der Waals surface area (Å²) in [4.78, 5) is 0. The summed E-state index contributed by atoms with van der Waals surface area (Å²) in [5, 5.41) is 0. The van der Waals surface area contributed by atoms with Crippen molar-refractivity contribution in [2.24, 2.45) is 0 Å². The summed E-state index contributed by atoms with van der Waals surface area (Å²) in [5.41, 5.74) is 0. The van der Waals surface area contributed by atoms with Gasteiger partial charge in [0.15, 0.2) is 0 Å². The fraction of sp³-hybridized carbons (Fsp3) is 0.923. The number of unbranched alkanes of at least 4 members (excludes halogenated alkanes) is 9. The van der Waals surface area contributed by atoms with Gasteiger partial charge < -0.3 is 0 Å². The maximum absolute atomic E-state index is 3.96. The molecule has 0 aliphatic heterocycles. The van der Waals surface area contributed by atoms with E-state index in [0.29, 0.717) is 0 Å². The van der Waals surface area contributed by atoms with Gasteiger partial charge in [-0.3, -0.25) is 0 Å². The zero-order valence-electron chi connectivity index (χ0n) is 10.4. The highest BCUT2D eigenvalue weighted by molar-refractivity contribution is 7.93. The lowest BCUT2D eigenvalue weighted by atomic mass is 10.1. The number of thiocarbonyl (C=S) groups is 2. The minimum absolute atomic E-state index is 1.37. The van der Waals surface area contributed by atoms with Crippen LogP contribution in [0.5, 0.6) is 0 Å². The van der Waals surface area contributed by atoms with Crippen molar-refractivity contribution in [2.75, 3.05) is 0 Å². The minimum atomic E-state index is 1.37. The Morgan fingerprint density at radius 1 is 0.600 bits per heavy atom. The number of hydrogen-bond donors (Lipinski definition) is 0. The summed E-state index contributed by atoms with van der Waals surface area (Å²) >= 11 is 7.92. The first-order valence-corrected chi connectivity index (χ1v) is 7.14. The first-order valence-electron chi connectivity index (χ1n) is 6.32. The summed E-state index contributed by atoms with van der Waals surface area (Å²) in [5.74, 6) is 0. The van der Waals surface area contributed by atoms with Gasteiger partial charge in [0.2, 0.25) is 0 Å². The topological polar surface area (TPSA) is 0 Å². The van der Waals surface area contributed by atoms with Crippen molar-refractivity contribution in [3.8, 4) is 0 Å². The van der Waals surface area contributed by atoms with Gasteiger partial charge in [0.05, 0.1) is 0 Å². The summed E-state index contributed by atoms with van der Waals surface area (Å²) in [7, 11) is 0. The van der Waals surface area contributed by atoms with Crippen LogP contribution in [0.3, 0.4) is 0 Å². The molecular weight excluding hydrogens is 220 g/mol. The van der Waals surface area contributed by atoms with Gasteiger partial charge in [0.1, 0.15) is 0 Å². The lowest BCUT2D eigenvalue weighted by Crippen LogP contribution is -1.80. The Morgan fingerprint density at radius 2 is 0.800 bits per heavy atom. The van der Waals surface area contributed by atoms with E-state index in [2.05, 4.69) is 38.3 Å². The van der Waals surface area contributed by atoms with Crippen LogP contribution in [-0.4, -0.2) is 4.31 Å². The molecule has 0 aromatic rings. The van der Waals surface area contributed by atoms with E-state index in [0.717, 1.165) is 0 Å². The largest absolute Gasteiger partial charge is 0.0654 e. The lowest BCUT2D eigenvalue weighted by molar-refractivity contribution is 0.562. The summed E-state index contributed by atoms with van der Waals surface area (Å²) < 4.78 is 1.92. The molecule has 0 aromatic carbocycles. The van der Waals surface area contributed by atoms with E-state index in [1.54, 1.807) is 0 Å². The number of rotatable bonds is 9. The first kappa shape index (κ1) is 17.6. The fourth-order valence-electron chi connectivity index (χ4n) is 1.56. The molecule has 0 saturated heterocycles. The predicted octanol–water partition coefficient (Wildman–Crippen LogP) is 5.95. The van der Waals surface area contributed by atoms with Crippen LogP contribution in [0.1, 0.15) is 78.1 Å². The second-order valence-corrected chi connectivity index (χ2v) is 4.58. The average Bonchev–Trinajstić information content (AvgIpc) is 2.23. The van der Waals surface area contributed by atoms with E-state index >= 15 is 0 Å². The van der Waals surface area contributed by atoms with Crippen LogP contribution in [-0.2, 0) is 0 Å². The highest BCUT2D eigenvalue weighted by Gasteiger charge is 1.90. The molecule has 0 aromatic heterocycles. The molecule has 0 saturated carbocycles. The molecule has 0 N–H and O–H groups in total. The van der Waals surface area contributed by atoms with Gasteiger partial charge in [0, 0.05) is 4.31 Å². The summed E-state index contributed by atoms with van der Waals surface area (Å²) in [6, 6.07) is 0. The maximum Gasteiger partial charge on any atom is 0.0297 e. The Bertz CT molecular complexity index is 116. The Hall–Kier alpha value is 0.220. The van der Waals surface area contributed by atoms with Gasteiger partial charge in [-0.05, 0) is 24.4 Å². The highest BCUT2D eigenvalue weighted by atomic mass is 32.1. The maximum atomic E-state index is 3.96. The van der Waals surface area contributed by atoms with Gasteiger partial charge in [0.25, 0.3) is 0 Å². The molecule has 0 amide bonds. The van der Waals surface area contributed by atoms with E-state index in [-0.39, 0.29) is 0 Å². The zero-order chi connectivity index (χ0) is 11.8. The van der Waals surface area contributed by atoms with E-state index in [4.69, 9.17) is 0 Å². The van der Waals surface area contributed by atoms with Gasteiger partial charge in [-0.2, -0.15) is 0 Å². The molecule has 0 aliphatic carbocycles. The SMILES string of the molecule is CCCCCCCCCCCC.S=C=S. The van der Waals surface area contributed by atoms with Crippen LogP contribution in [0.15, 0.2) is 0 Å². The average molecular weight is 246 g/mol. The van der Waals surface area contributed by atoms with Crippen LogP contribution < -0.4 is 0 Å². The normalized spacial score (nSPS) is 8.93. The fourth-order valence-corrected chi connectivity index (χ4v) is 1.56. The Balaban J connectivity index is 0. The lowest BCUT2D eigenvalue weighted by Gasteiger charge is -1.99. The molecule has 0 radical (unpaired) electrons. The third-order valence-electron chi connectivity index (χ3n) is 2.46. The zero-order valence-corrected chi connectivity index (χ0v) is 12.0. The predicted molar refractivity (Wildman–Crippen MR) is 77.7 cm³/mol. The minimum Gasteiger partial charge on any atom is -0.0654 e. The van der Waals surface area contributed by atoms with Gasteiger partial charge in [-0.15, -0.1) is 0 Å². The molecule has 0 fully saturated rings. The van der Waals surface area contributed by atoms with Crippen molar-refractivity contribution in [2.45, 2.75) is 78.1 Å². The van der Waals surface area contributed by atoms with Gasteiger partial charge in [-0.1, -0.05) is 78.1 Å². The summed E-state index contributed by atoms with van der Waals surface area (Å²) in [6.45, 7) is 4.56. The van der Waals surface area contributed by atoms with E-state index < -0.39 is 0 Å². The van der Waals surface area contributed by atoms with Crippen LogP contribution in [0.4, 0.5) is 0 Å². The van der Waals surface area contributed by atoms with Crippen LogP contribution >= 0.6 is 24.4 Å². The van der Waals surface area contributed by atoms with Crippen molar-refractivity contribution in [3.63, 3.8) is 0 Å². The molecule has 0 aliphatic rings. The molecule has 0 nitrogen and oxygen atoms in total. The van der Waals surface area contributed by atoms with Crippen LogP contribution in [0, 0.1) is 0 Å². The molecule has 90 valence electrons. The molecule has 15 heavy (non-hydrogen) atoms. The quantitative estimate of drug-likeness (QED) is 0.364. The molecule has 0 atom stereocenters. The first-order chi connectivity index (χ1) is 7.33. The second kappa shape index (κ2) is 19.7. The molecular formula is C13H26S2. The van der Waals surface area contributed by atoms with Crippen molar-refractivity contribution in [1.82, 2.24) is 0 Å². The van der Waals surface area contributed by atoms with E-state index in [1.165, 1.54) is 64.2 Å². The van der Waals surface area contributed by atoms with Gasteiger partial charge in [-0.25, -0.2) is 0 Å². The molecule has 0 heterocycles. The monoisotopic (exact) mass is 246 g/mol. The third kappa shape index (κ3) is 25.0. The third-order valence-corrected chi connectivity index (χ3v) is 2.46. The van der Waals surface area contributed by atoms with Crippen molar-refractivity contribution in [3.05, 3.63) is 0 Å². The van der Waals surface area contributed by atoms with Crippen LogP contribution in [0.25, 0.3) is 0 Å². The van der Waals surface area contributed by atoms with E-state index in [9.17, 15) is 0 Å². The van der Waals surface area contributed by atoms with E-state index in [1.807, 2.05) is 4.31 Å².